The van der Waals surface area contributed by atoms with Gasteiger partial charge in [0.05, 0.1) is 6.21 Å². The SMILES string of the molecule is Cc1cc(OCC(=O)N/N=C/c2ccc(OCc3ccccc3)cc2)ccc1C(C)C. The molecule has 0 radical (unpaired) electrons. The minimum Gasteiger partial charge on any atom is -0.489 e. The molecule has 3 aromatic carbocycles. The fourth-order valence-corrected chi connectivity index (χ4v) is 3.14. The summed E-state index contributed by atoms with van der Waals surface area (Å²) in [5, 5.41) is 3.99. The highest BCUT2D eigenvalue weighted by atomic mass is 16.5. The molecule has 0 aliphatic rings. The number of aryl methyl sites for hydroxylation is 1. The zero-order valence-electron chi connectivity index (χ0n) is 18.2. The van der Waals surface area contributed by atoms with Crippen LogP contribution in [0.1, 0.15) is 42.0 Å². The van der Waals surface area contributed by atoms with Crippen molar-refractivity contribution in [2.24, 2.45) is 5.10 Å². The van der Waals surface area contributed by atoms with Crippen LogP contribution < -0.4 is 14.9 Å². The molecule has 0 spiro atoms. The normalized spacial score (nSPS) is 11.0. The molecule has 3 rings (SSSR count). The Kier molecular flexibility index (Phi) is 7.82. The summed E-state index contributed by atoms with van der Waals surface area (Å²) in [6.07, 6.45) is 1.58. The lowest BCUT2D eigenvalue weighted by Gasteiger charge is -2.12. The Morgan fingerprint density at radius 3 is 2.35 bits per heavy atom. The van der Waals surface area contributed by atoms with Crippen LogP contribution in [-0.2, 0) is 11.4 Å². The number of rotatable bonds is 9. The summed E-state index contributed by atoms with van der Waals surface area (Å²) in [6.45, 7) is 6.78. The van der Waals surface area contributed by atoms with Gasteiger partial charge >= 0.3 is 0 Å². The first-order valence-electron chi connectivity index (χ1n) is 10.3. The summed E-state index contributed by atoms with van der Waals surface area (Å²) >= 11 is 0. The first-order valence-corrected chi connectivity index (χ1v) is 10.3. The summed E-state index contributed by atoms with van der Waals surface area (Å²) in [6, 6.07) is 23.4. The van der Waals surface area contributed by atoms with Crippen LogP contribution in [0.3, 0.4) is 0 Å². The third-order valence-electron chi connectivity index (χ3n) is 4.76. The zero-order valence-corrected chi connectivity index (χ0v) is 18.2. The van der Waals surface area contributed by atoms with Crippen molar-refractivity contribution in [1.82, 2.24) is 5.43 Å². The lowest BCUT2D eigenvalue weighted by atomic mass is 9.98. The molecule has 5 nitrogen and oxygen atoms in total. The molecule has 5 heteroatoms. The van der Waals surface area contributed by atoms with Crippen LogP contribution >= 0.6 is 0 Å². The van der Waals surface area contributed by atoms with Gasteiger partial charge in [-0.25, -0.2) is 5.43 Å². The molecule has 0 atom stereocenters. The Morgan fingerprint density at radius 1 is 0.968 bits per heavy atom. The summed E-state index contributed by atoms with van der Waals surface area (Å²) in [5.41, 5.74) is 6.88. The second-order valence-corrected chi connectivity index (χ2v) is 7.60. The highest BCUT2D eigenvalue weighted by Crippen LogP contribution is 2.23. The van der Waals surface area contributed by atoms with Crippen molar-refractivity contribution in [1.29, 1.82) is 0 Å². The van der Waals surface area contributed by atoms with E-state index in [1.54, 1.807) is 6.21 Å². The van der Waals surface area contributed by atoms with Crippen LogP contribution in [0.2, 0.25) is 0 Å². The molecule has 1 N–H and O–H groups in total. The Bertz CT molecular complexity index is 1010. The number of hydrogen-bond donors (Lipinski definition) is 1. The quantitative estimate of drug-likeness (QED) is 0.384. The van der Waals surface area contributed by atoms with E-state index in [1.807, 2.05) is 79.7 Å². The maximum Gasteiger partial charge on any atom is 0.277 e. The summed E-state index contributed by atoms with van der Waals surface area (Å²) in [7, 11) is 0. The molecule has 0 aromatic heterocycles. The van der Waals surface area contributed by atoms with Gasteiger partial charge in [0.25, 0.3) is 5.91 Å². The van der Waals surface area contributed by atoms with Crippen LogP contribution in [0.25, 0.3) is 0 Å². The number of carbonyl (C=O) groups is 1. The highest BCUT2D eigenvalue weighted by molar-refractivity contribution is 5.83. The highest BCUT2D eigenvalue weighted by Gasteiger charge is 2.06. The van der Waals surface area contributed by atoms with E-state index in [4.69, 9.17) is 9.47 Å². The van der Waals surface area contributed by atoms with E-state index in [2.05, 4.69) is 24.4 Å². The second-order valence-electron chi connectivity index (χ2n) is 7.60. The molecule has 0 unspecified atom stereocenters. The van der Waals surface area contributed by atoms with Crippen LogP contribution in [0.15, 0.2) is 77.9 Å². The van der Waals surface area contributed by atoms with Gasteiger partial charge in [-0.2, -0.15) is 5.10 Å². The second kappa shape index (κ2) is 11.0. The fourth-order valence-electron chi connectivity index (χ4n) is 3.14. The van der Waals surface area contributed by atoms with Crippen molar-refractivity contribution in [3.05, 3.63) is 95.1 Å². The number of ether oxygens (including phenoxy) is 2. The van der Waals surface area contributed by atoms with Crippen LogP contribution in [0.4, 0.5) is 0 Å². The monoisotopic (exact) mass is 416 g/mol. The summed E-state index contributed by atoms with van der Waals surface area (Å²) in [4.78, 5) is 12.0. The van der Waals surface area contributed by atoms with E-state index in [9.17, 15) is 4.79 Å². The van der Waals surface area contributed by atoms with E-state index in [-0.39, 0.29) is 12.5 Å². The lowest BCUT2D eigenvalue weighted by molar-refractivity contribution is -0.123. The fraction of sp³-hybridized carbons (Fsp3) is 0.231. The number of hydrazone groups is 1. The predicted octanol–water partition coefficient (Wildman–Crippen LogP) is 5.23. The van der Waals surface area contributed by atoms with Crippen molar-refractivity contribution in [2.75, 3.05) is 6.61 Å². The van der Waals surface area contributed by atoms with Crippen molar-refractivity contribution >= 4 is 12.1 Å². The van der Waals surface area contributed by atoms with Gasteiger partial charge in [0, 0.05) is 0 Å². The minimum absolute atomic E-state index is 0.0932. The first-order chi connectivity index (χ1) is 15.0. The topological polar surface area (TPSA) is 59.9 Å². The van der Waals surface area contributed by atoms with E-state index < -0.39 is 0 Å². The minimum atomic E-state index is -0.315. The van der Waals surface area contributed by atoms with Gasteiger partial charge in [0.1, 0.15) is 18.1 Å². The Hall–Kier alpha value is -3.60. The van der Waals surface area contributed by atoms with Gasteiger partial charge in [-0.1, -0.05) is 50.2 Å². The van der Waals surface area contributed by atoms with Crippen LogP contribution in [0.5, 0.6) is 11.5 Å². The zero-order chi connectivity index (χ0) is 22.1. The Balaban J connectivity index is 1.42. The number of nitrogens with one attached hydrogen (secondary N) is 1. The molecule has 0 fully saturated rings. The number of amides is 1. The van der Waals surface area contributed by atoms with Gasteiger partial charge < -0.3 is 9.47 Å². The third kappa shape index (κ3) is 7.00. The average Bonchev–Trinajstić information content (AvgIpc) is 2.77. The standard InChI is InChI=1S/C26H28N2O3/c1-19(2)25-14-13-24(15-20(25)3)31-18-26(29)28-27-16-21-9-11-23(12-10-21)30-17-22-7-5-4-6-8-22/h4-16,19H,17-18H2,1-3H3,(H,28,29)/b27-16+. The third-order valence-corrected chi connectivity index (χ3v) is 4.76. The van der Waals surface area contributed by atoms with Crippen molar-refractivity contribution < 1.29 is 14.3 Å². The summed E-state index contributed by atoms with van der Waals surface area (Å²) in [5.74, 6) is 1.59. The molecule has 160 valence electrons. The molecule has 3 aromatic rings. The Labute approximate surface area is 183 Å². The van der Waals surface area contributed by atoms with Gasteiger partial charge in [0.15, 0.2) is 6.61 Å². The number of benzene rings is 3. The molecular weight excluding hydrogens is 388 g/mol. The van der Waals surface area contributed by atoms with Crippen LogP contribution in [0, 0.1) is 6.92 Å². The number of nitrogens with zero attached hydrogens (tertiary/aromatic N) is 1. The van der Waals surface area contributed by atoms with Crippen LogP contribution in [-0.4, -0.2) is 18.7 Å². The van der Waals surface area contributed by atoms with Gasteiger partial charge in [-0.15, -0.1) is 0 Å². The largest absolute Gasteiger partial charge is 0.489 e. The smallest absolute Gasteiger partial charge is 0.277 e. The predicted molar refractivity (Wildman–Crippen MR) is 124 cm³/mol. The molecule has 0 aliphatic carbocycles. The van der Waals surface area contributed by atoms with E-state index in [0.717, 1.165) is 22.4 Å². The number of carbonyl (C=O) groups excluding carboxylic acids is 1. The van der Waals surface area contributed by atoms with Crippen molar-refractivity contribution in [3.8, 4) is 11.5 Å². The van der Waals surface area contributed by atoms with E-state index in [1.165, 1.54) is 5.56 Å². The first kappa shape index (κ1) is 22.1. The van der Waals surface area contributed by atoms with Crippen molar-refractivity contribution in [3.63, 3.8) is 0 Å². The maximum atomic E-state index is 12.0. The average molecular weight is 417 g/mol. The van der Waals surface area contributed by atoms with Gasteiger partial charge in [-0.3, -0.25) is 4.79 Å². The maximum absolute atomic E-state index is 12.0. The molecule has 0 saturated carbocycles. The van der Waals surface area contributed by atoms with Gasteiger partial charge in [-0.05, 0) is 71.5 Å². The molecule has 1 amide bonds. The molecular formula is C26H28N2O3. The molecule has 31 heavy (non-hydrogen) atoms. The molecule has 0 heterocycles. The molecule has 0 aliphatic heterocycles. The van der Waals surface area contributed by atoms with Gasteiger partial charge in [0.2, 0.25) is 0 Å². The van der Waals surface area contributed by atoms with Crippen molar-refractivity contribution in [2.45, 2.75) is 33.3 Å². The van der Waals surface area contributed by atoms with E-state index >= 15 is 0 Å². The molecule has 0 saturated heterocycles. The number of hydrogen-bond acceptors (Lipinski definition) is 4. The summed E-state index contributed by atoms with van der Waals surface area (Å²) < 4.78 is 11.3. The lowest BCUT2D eigenvalue weighted by Crippen LogP contribution is -2.24. The molecule has 0 bridgehead atoms. The Morgan fingerprint density at radius 2 is 1.68 bits per heavy atom. The van der Waals surface area contributed by atoms with E-state index in [0.29, 0.717) is 18.3 Å².